The Hall–Kier alpha value is -3.66. The second-order valence-corrected chi connectivity index (χ2v) is 10.4. The van der Waals surface area contributed by atoms with Crippen molar-refractivity contribution in [2.45, 2.75) is 32.2 Å². The molecule has 10 heteroatoms. The van der Waals surface area contributed by atoms with Gasteiger partial charge in [-0.25, -0.2) is 19.2 Å². The zero-order valence-corrected chi connectivity index (χ0v) is 20.3. The first-order valence-corrected chi connectivity index (χ1v) is 12.2. The van der Waals surface area contributed by atoms with Gasteiger partial charge in [0.2, 0.25) is 5.88 Å². The normalized spacial score (nSPS) is 23.1. The van der Waals surface area contributed by atoms with Crippen molar-refractivity contribution in [2.75, 3.05) is 49.2 Å². The summed E-state index contributed by atoms with van der Waals surface area (Å²) in [4.78, 5) is 24.7. The van der Waals surface area contributed by atoms with E-state index in [9.17, 15) is 9.90 Å². The van der Waals surface area contributed by atoms with E-state index in [0.717, 1.165) is 43.6 Å². The zero-order valence-electron chi connectivity index (χ0n) is 20.3. The Morgan fingerprint density at radius 2 is 2.11 bits per heavy atom. The minimum absolute atomic E-state index is 0.0265. The lowest BCUT2D eigenvalue weighted by atomic mass is 9.64. The van der Waals surface area contributed by atoms with Crippen LogP contribution in [0.5, 0.6) is 5.88 Å². The van der Waals surface area contributed by atoms with Crippen LogP contribution in [0.2, 0.25) is 0 Å². The third-order valence-corrected chi connectivity index (χ3v) is 8.01. The molecule has 188 valence electrons. The predicted molar refractivity (Wildman–Crippen MR) is 136 cm³/mol. The van der Waals surface area contributed by atoms with E-state index in [2.05, 4.69) is 27.2 Å². The van der Waals surface area contributed by atoms with E-state index in [0.29, 0.717) is 46.7 Å². The van der Waals surface area contributed by atoms with Gasteiger partial charge in [0.15, 0.2) is 5.82 Å². The highest BCUT2D eigenvalue weighted by Crippen LogP contribution is 2.50. The van der Waals surface area contributed by atoms with E-state index in [1.807, 2.05) is 6.92 Å². The van der Waals surface area contributed by atoms with E-state index in [1.165, 1.54) is 11.1 Å². The van der Waals surface area contributed by atoms with E-state index in [4.69, 9.17) is 10.5 Å². The molecule has 3 aliphatic rings. The maximum atomic E-state index is 15.5. The lowest BCUT2D eigenvalue weighted by molar-refractivity contribution is 0.106. The average molecular weight is 493 g/mol. The third kappa shape index (κ3) is 3.50. The molecule has 2 aromatic heterocycles. The summed E-state index contributed by atoms with van der Waals surface area (Å²) in [5.74, 6) is 0.264. The minimum Gasteiger partial charge on any atom is -0.474 e. The van der Waals surface area contributed by atoms with Gasteiger partial charge in [-0.2, -0.15) is 0 Å². The molecule has 4 N–H and O–H groups in total. The number of ether oxygens (including phenoxy) is 1. The highest BCUT2D eigenvalue weighted by molar-refractivity contribution is 6.00. The molecule has 1 aliphatic carbocycles. The molecule has 0 radical (unpaired) electrons. The molecule has 6 rings (SSSR count). The van der Waals surface area contributed by atoms with Crippen LogP contribution in [0, 0.1) is 18.2 Å². The summed E-state index contributed by atoms with van der Waals surface area (Å²) in [6, 6.07) is 3.26. The van der Waals surface area contributed by atoms with Gasteiger partial charge >= 0.3 is 6.09 Å². The van der Waals surface area contributed by atoms with Crippen molar-refractivity contribution in [2.24, 2.45) is 5.41 Å². The number of benzene rings is 1. The number of nitrogens with two attached hydrogens (primary N) is 1. The molecule has 1 saturated heterocycles. The fourth-order valence-corrected chi connectivity index (χ4v) is 6.16. The van der Waals surface area contributed by atoms with Crippen molar-refractivity contribution >= 4 is 34.1 Å². The van der Waals surface area contributed by atoms with Gasteiger partial charge in [-0.3, -0.25) is 4.90 Å². The van der Waals surface area contributed by atoms with Crippen LogP contribution in [0.15, 0.2) is 24.5 Å². The highest BCUT2D eigenvalue weighted by Gasteiger charge is 2.51. The number of likely N-dealkylation sites (tertiary alicyclic amines) is 1. The second kappa shape index (κ2) is 8.19. The number of halogens is 1. The number of nitrogens with one attached hydrogen (secondary N) is 1. The van der Waals surface area contributed by atoms with Crippen molar-refractivity contribution in [3.8, 4) is 17.0 Å². The summed E-state index contributed by atoms with van der Waals surface area (Å²) in [6.07, 6.45) is 4.73. The quantitative estimate of drug-likeness (QED) is 0.468. The Morgan fingerprint density at radius 1 is 1.31 bits per heavy atom. The molecule has 2 aliphatic heterocycles. The summed E-state index contributed by atoms with van der Waals surface area (Å²) >= 11 is 0. The topological polar surface area (TPSA) is 117 Å². The molecule has 0 atom stereocenters. The maximum absolute atomic E-state index is 15.5. The number of carboxylic acid groups (broad SMARTS) is 1. The Bertz CT molecular complexity index is 1390. The largest absolute Gasteiger partial charge is 0.474 e. The molecule has 1 amide bonds. The number of rotatable bonds is 3. The van der Waals surface area contributed by atoms with Gasteiger partial charge in [-0.05, 0) is 68.3 Å². The number of pyridine rings is 2. The molecule has 3 aromatic rings. The summed E-state index contributed by atoms with van der Waals surface area (Å²) in [6.45, 7) is 5.08. The Morgan fingerprint density at radius 3 is 2.83 bits per heavy atom. The molecule has 2 fully saturated rings. The van der Waals surface area contributed by atoms with Crippen LogP contribution < -0.4 is 20.7 Å². The lowest BCUT2D eigenvalue weighted by Crippen LogP contribution is -2.54. The number of aromatic nitrogens is 2. The first-order chi connectivity index (χ1) is 17.3. The number of anilines is 3. The molecule has 4 heterocycles. The molecule has 1 spiro atoms. The van der Waals surface area contributed by atoms with Crippen LogP contribution in [-0.2, 0) is 0 Å². The summed E-state index contributed by atoms with van der Waals surface area (Å²) in [5.41, 5.74) is 8.82. The van der Waals surface area contributed by atoms with Crippen LogP contribution in [0.1, 0.15) is 24.8 Å². The van der Waals surface area contributed by atoms with Crippen LogP contribution in [0.3, 0.4) is 0 Å². The molecule has 0 unspecified atom stereocenters. The predicted octanol–water partition coefficient (Wildman–Crippen LogP) is 4.10. The van der Waals surface area contributed by atoms with E-state index >= 15 is 4.39 Å². The molecular formula is C26H29FN6O3. The summed E-state index contributed by atoms with van der Waals surface area (Å²) in [5, 5.41) is 14.4. The fourth-order valence-electron chi connectivity index (χ4n) is 6.16. The number of fused-ring (bicyclic) bond motifs is 2. The number of hydrogen-bond donors (Lipinski definition) is 3. The summed E-state index contributed by atoms with van der Waals surface area (Å²) in [7, 11) is 2.10. The lowest BCUT2D eigenvalue weighted by Gasteiger charge is -2.48. The van der Waals surface area contributed by atoms with E-state index in [1.54, 1.807) is 18.3 Å². The monoisotopic (exact) mass is 492 g/mol. The third-order valence-electron chi connectivity index (χ3n) is 8.01. The molecule has 36 heavy (non-hydrogen) atoms. The van der Waals surface area contributed by atoms with Gasteiger partial charge in [-0.15, -0.1) is 0 Å². The number of nitrogens with zero attached hydrogens (tertiary/aromatic N) is 4. The van der Waals surface area contributed by atoms with Gasteiger partial charge in [0, 0.05) is 48.0 Å². The van der Waals surface area contributed by atoms with Crippen molar-refractivity contribution in [1.29, 1.82) is 0 Å². The Kier molecular flexibility index (Phi) is 5.18. The minimum atomic E-state index is -1.04. The van der Waals surface area contributed by atoms with Crippen molar-refractivity contribution in [3.63, 3.8) is 0 Å². The van der Waals surface area contributed by atoms with Gasteiger partial charge in [0.05, 0.1) is 5.69 Å². The molecular weight excluding hydrogens is 463 g/mol. The fraction of sp³-hybridized carbons (Fsp3) is 0.423. The maximum Gasteiger partial charge on any atom is 0.413 e. The van der Waals surface area contributed by atoms with Crippen LogP contribution in [0.4, 0.5) is 26.4 Å². The second-order valence-electron chi connectivity index (χ2n) is 10.4. The molecule has 1 saturated carbocycles. The van der Waals surface area contributed by atoms with E-state index in [-0.39, 0.29) is 17.1 Å². The summed E-state index contributed by atoms with van der Waals surface area (Å²) < 4.78 is 21.1. The molecule has 0 bridgehead atoms. The van der Waals surface area contributed by atoms with Gasteiger partial charge < -0.3 is 25.8 Å². The smallest absolute Gasteiger partial charge is 0.413 e. The van der Waals surface area contributed by atoms with Crippen LogP contribution in [0.25, 0.3) is 21.9 Å². The molecule has 9 nitrogen and oxygen atoms in total. The Labute approximate surface area is 208 Å². The number of nitrogen functional groups attached to an aromatic ring is 1. The average Bonchev–Trinajstić information content (AvgIpc) is 3.23. The van der Waals surface area contributed by atoms with E-state index < -0.39 is 11.9 Å². The standard InChI is InChI=1S/C26H29FN6O3/c1-14-18(11-31-24-23(14)29-4-6-36-24)17-7-15-8-20(30-12-19(15)22(28)21(17)27)33(25(34)35)16-9-26(10-16)3-5-32(2)13-26/h7-8,11-12,16,29H,3-6,9-10,13,28H2,1-2H3,(H,34,35). The number of hydrogen-bond acceptors (Lipinski definition) is 7. The van der Waals surface area contributed by atoms with Crippen LogP contribution in [-0.4, -0.2) is 65.4 Å². The first kappa shape index (κ1) is 22.8. The van der Waals surface area contributed by atoms with Gasteiger partial charge in [0.25, 0.3) is 0 Å². The molecule has 1 aromatic carbocycles. The Balaban J connectivity index is 1.39. The number of carbonyl (C=O) groups is 1. The van der Waals surface area contributed by atoms with Gasteiger partial charge in [-0.1, -0.05) is 0 Å². The zero-order chi connectivity index (χ0) is 25.2. The SMILES string of the molecule is Cc1c(-c2cc3cc(N(C(=O)O)C4CC5(CCN(C)C5)C4)ncc3c(N)c2F)cnc2c1NCCO2. The van der Waals surface area contributed by atoms with Crippen molar-refractivity contribution in [1.82, 2.24) is 14.9 Å². The van der Waals surface area contributed by atoms with Crippen molar-refractivity contribution in [3.05, 3.63) is 35.9 Å². The highest BCUT2D eigenvalue weighted by atomic mass is 19.1. The van der Waals surface area contributed by atoms with Gasteiger partial charge in [0.1, 0.15) is 18.1 Å². The number of amides is 1. The van der Waals surface area contributed by atoms with Crippen molar-refractivity contribution < 1.29 is 19.0 Å². The van der Waals surface area contributed by atoms with Crippen LogP contribution >= 0.6 is 0 Å². The first-order valence-electron chi connectivity index (χ1n) is 12.2.